The van der Waals surface area contributed by atoms with Crippen molar-refractivity contribution in [2.75, 3.05) is 6.54 Å². The lowest BCUT2D eigenvalue weighted by molar-refractivity contribution is -0.213. The zero-order valence-corrected chi connectivity index (χ0v) is 36.1. The number of aliphatic carboxylic acids is 2. The number of nitrogens with one attached hydrogen (secondary N) is 2. The van der Waals surface area contributed by atoms with E-state index in [2.05, 4.69) is 65.2 Å². The third-order valence-corrected chi connectivity index (χ3v) is 16.7. The summed E-state index contributed by atoms with van der Waals surface area (Å²) in [5.41, 5.74) is 1.22. The summed E-state index contributed by atoms with van der Waals surface area (Å²) in [4.78, 5) is 62.2. The van der Waals surface area contributed by atoms with Crippen molar-refractivity contribution in [1.29, 1.82) is 0 Å². The Labute approximate surface area is 336 Å². The Balaban J connectivity index is 1.27. The third-order valence-electron chi connectivity index (χ3n) is 16.7. The molecule has 316 valence electrons. The van der Waals surface area contributed by atoms with Crippen molar-refractivity contribution in [1.82, 2.24) is 10.6 Å². The summed E-state index contributed by atoms with van der Waals surface area (Å²) in [5, 5.41) is 24.4. The topological polar surface area (TPSA) is 159 Å². The van der Waals surface area contributed by atoms with Gasteiger partial charge >= 0.3 is 17.9 Å². The molecule has 0 bridgehead atoms. The first-order valence-electron chi connectivity index (χ1n) is 22.0. The van der Waals surface area contributed by atoms with Gasteiger partial charge in [-0.2, -0.15) is 0 Å². The van der Waals surface area contributed by atoms with Crippen LogP contribution >= 0.6 is 0 Å². The lowest BCUT2D eigenvalue weighted by Gasteiger charge is -2.71. The number of carboxylic acid groups (broad SMARTS) is 2. The molecule has 56 heavy (non-hydrogen) atoms. The van der Waals surface area contributed by atoms with Crippen molar-refractivity contribution >= 4 is 29.7 Å². The van der Waals surface area contributed by atoms with Gasteiger partial charge in [-0.3, -0.25) is 19.2 Å². The SMILES string of the molecule is CC(C)[C@H](NC(=O)CCCCCNC(=O)[C@]12CCC(C)(C)C[C@H]1C1=CC[C@@H]3[C@@]4(C)CC[C@H](OC(=O)CCCC(=O)O)C(C)(C)[C@@H]4CC[C@@]3(C)[C@]1(C)CC2)C(=O)O. The summed E-state index contributed by atoms with van der Waals surface area (Å²) < 4.78 is 6.13. The number of hydrogen-bond donors (Lipinski definition) is 4. The van der Waals surface area contributed by atoms with Gasteiger partial charge < -0.3 is 25.6 Å². The molecule has 0 heterocycles. The van der Waals surface area contributed by atoms with Crippen LogP contribution in [0.3, 0.4) is 0 Å². The van der Waals surface area contributed by atoms with Crippen molar-refractivity contribution in [3.05, 3.63) is 11.6 Å². The van der Waals surface area contributed by atoms with E-state index < -0.39 is 23.4 Å². The molecule has 0 aromatic rings. The van der Waals surface area contributed by atoms with Crippen LogP contribution in [-0.4, -0.2) is 58.6 Å². The molecule has 0 aromatic heterocycles. The van der Waals surface area contributed by atoms with E-state index in [1.54, 1.807) is 13.8 Å². The molecule has 2 amide bonds. The maximum absolute atomic E-state index is 14.5. The Kier molecular flexibility index (Phi) is 12.9. The first-order valence-corrected chi connectivity index (χ1v) is 22.0. The van der Waals surface area contributed by atoms with Gasteiger partial charge in [0.1, 0.15) is 12.1 Å². The molecule has 0 aromatic carbocycles. The molecule has 5 rings (SSSR count). The maximum atomic E-state index is 14.5. The van der Waals surface area contributed by atoms with Crippen LogP contribution < -0.4 is 10.6 Å². The number of hydrogen-bond acceptors (Lipinski definition) is 6. The molecule has 10 nitrogen and oxygen atoms in total. The monoisotopic (exact) mass is 783 g/mol. The Morgan fingerprint density at radius 3 is 2.16 bits per heavy atom. The van der Waals surface area contributed by atoms with Crippen LogP contribution in [0.5, 0.6) is 0 Å². The molecular weight excluding hydrogens is 709 g/mol. The molecule has 4 saturated carbocycles. The number of rotatable bonds is 15. The summed E-state index contributed by atoms with van der Waals surface area (Å²) in [6, 6.07) is -0.881. The molecule has 0 radical (unpaired) electrons. The average Bonchev–Trinajstić information content (AvgIpc) is 3.09. The number of carbonyl (C=O) groups is 5. The van der Waals surface area contributed by atoms with E-state index in [0.717, 1.165) is 77.0 Å². The predicted molar refractivity (Wildman–Crippen MR) is 216 cm³/mol. The zero-order chi connectivity index (χ0) is 41.5. The van der Waals surface area contributed by atoms with Crippen LogP contribution in [0, 0.1) is 56.2 Å². The quantitative estimate of drug-likeness (QED) is 0.0729. The highest BCUT2D eigenvalue weighted by Crippen LogP contribution is 2.76. The number of carbonyl (C=O) groups excluding carboxylic acids is 3. The summed E-state index contributed by atoms with van der Waals surface area (Å²) in [7, 11) is 0. The molecule has 10 heteroatoms. The molecule has 0 spiro atoms. The number of unbranched alkanes of at least 4 members (excludes halogenated alkanes) is 2. The summed E-state index contributed by atoms with van der Waals surface area (Å²) >= 11 is 0. The number of amides is 2. The summed E-state index contributed by atoms with van der Waals surface area (Å²) in [5.74, 6) is -1.34. The number of carboxylic acids is 2. The number of allylic oxidation sites excluding steroid dienone is 2. The Morgan fingerprint density at radius 2 is 1.50 bits per heavy atom. The van der Waals surface area contributed by atoms with Crippen molar-refractivity contribution in [2.24, 2.45) is 56.2 Å². The summed E-state index contributed by atoms with van der Waals surface area (Å²) in [6.07, 6.45) is 15.2. The second-order valence-electron chi connectivity index (χ2n) is 21.2. The first kappa shape index (κ1) is 44.2. The Morgan fingerprint density at radius 1 is 0.804 bits per heavy atom. The van der Waals surface area contributed by atoms with Gasteiger partial charge in [-0.15, -0.1) is 0 Å². The molecular formula is C46H74N2O8. The van der Waals surface area contributed by atoms with Gasteiger partial charge in [0.2, 0.25) is 11.8 Å². The van der Waals surface area contributed by atoms with E-state index in [1.165, 1.54) is 5.57 Å². The number of ether oxygens (including phenoxy) is 1. The molecule has 0 unspecified atom stereocenters. The van der Waals surface area contributed by atoms with E-state index in [0.29, 0.717) is 31.2 Å². The Bertz CT molecular complexity index is 1550. The Hall–Kier alpha value is -2.91. The smallest absolute Gasteiger partial charge is 0.326 e. The highest BCUT2D eigenvalue weighted by molar-refractivity contribution is 5.84. The second-order valence-corrected chi connectivity index (χ2v) is 21.2. The minimum Gasteiger partial charge on any atom is -0.481 e. The molecule has 5 aliphatic carbocycles. The number of fused-ring (bicyclic) bond motifs is 7. The largest absolute Gasteiger partial charge is 0.481 e. The van der Waals surface area contributed by atoms with E-state index in [-0.39, 0.29) is 82.1 Å². The van der Waals surface area contributed by atoms with Crippen molar-refractivity contribution in [3.63, 3.8) is 0 Å². The fraction of sp³-hybridized carbons (Fsp3) is 0.848. The first-order chi connectivity index (χ1) is 26.0. The van der Waals surface area contributed by atoms with Crippen LogP contribution in [0.25, 0.3) is 0 Å². The third kappa shape index (κ3) is 8.19. The lowest BCUT2D eigenvalue weighted by Crippen LogP contribution is -2.65. The number of esters is 1. The maximum Gasteiger partial charge on any atom is 0.326 e. The van der Waals surface area contributed by atoms with E-state index >= 15 is 0 Å². The van der Waals surface area contributed by atoms with Crippen LogP contribution in [0.15, 0.2) is 11.6 Å². The van der Waals surface area contributed by atoms with Gasteiger partial charge in [-0.05, 0) is 129 Å². The van der Waals surface area contributed by atoms with E-state index in [4.69, 9.17) is 9.84 Å². The van der Waals surface area contributed by atoms with Gasteiger partial charge in [0.25, 0.3) is 0 Å². The molecule has 0 aliphatic heterocycles. The lowest BCUT2D eigenvalue weighted by atomic mass is 9.33. The van der Waals surface area contributed by atoms with Crippen molar-refractivity contribution in [3.8, 4) is 0 Å². The standard InChI is InChI=1S/C46H74N2O8/c1-29(2)38(39(53)54)48-35(49)14-11-10-12-27-47-40(55)46-25-23-41(3,4)28-31(46)30-17-18-33-43(7)21-20-34(56-37(52)16-13-15-36(50)51)42(5,6)32(43)19-22-45(33,9)44(30,8)24-26-46/h17,29,31-34,38H,10-16,18-28H2,1-9H3,(H,47,55)(H,48,49)(H,50,51)(H,53,54)/t31-,32-,33+,34-,38-,43-,44+,45+,46-/m0/s1. The highest BCUT2D eigenvalue weighted by Gasteiger charge is 2.69. The normalized spacial score (nSPS) is 36.0. The van der Waals surface area contributed by atoms with E-state index in [9.17, 15) is 29.1 Å². The van der Waals surface area contributed by atoms with Crippen LogP contribution in [0.2, 0.25) is 0 Å². The molecule has 4 N–H and O–H groups in total. The van der Waals surface area contributed by atoms with Gasteiger partial charge in [-0.25, -0.2) is 4.79 Å². The predicted octanol–water partition coefficient (Wildman–Crippen LogP) is 8.86. The van der Waals surface area contributed by atoms with Gasteiger partial charge in [-0.1, -0.05) is 80.4 Å². The van der Waals surface area contributed by atoms with Gasteiger partial charge in [0.15, 0.2) is 0 Å². The minimum atomic E-state index is -1.01. The molecule has 4 fully saturated rings. The molecule has 9 atom stereocenters. The summed E-state index contributed by atoms with van der Waals surface area (Å²) in [6.45, 7) is 21.1. The second kappa shape index (κ2) is 16.4. The fourth-order valence-corrected chi connectivity index (χ4v) is 13.2. The average molecular weight is 783 g/mol. The fourth-order valence-electron chi connectivity index (χ4n) is 13.2. The van der Waals surface area contributed by atoms with Crippen molar-refractivity contribution in [2.45, 2.75) is 184 Å². The molecule has 5 aliphatic rings. The highest BCUT2D eigenvalue weighted by atomic mass is 16.5. The van der Waals surface area contributed by atoms with Crippen LogP contribution in [0.4, 0.5) is 0 Å². The van der Waals surface area contributed by atoms with Gasteiger partial charge in [0, 0.05) is 31.2 Å². The van der Waals surface area contributed by atoms with Crippen molar-refractivity contribution < 1.29 is 38.9 Å². The zero-order valence-electron chi connectivity index (χ0n) is 36.1. The van der Waals surface area contributed by atoms with Crippen LogP contribution in [-0.2, 0) is 28.7 Å². The van der Waals surface area contributed by atoms with Crippen LogP contribution in [0.1, 0.15) is 171 Å². The van der Waals surface area contributed by atoms with E-state index in [1.807, 2.05) is 0 Å². The molecule has 0 saturated heterocycles. The van der Waals surface area contributed by atoms with Gasteiger partial charge in [0.05, 0.1) is 5.41 Å². The minimum absolute atomic E-state index is 0.0147.